The second kappa shape index (κ2) is 7.65. The van der Waals surface area contributed by atoms with E-state index in [2.05, 4.69) is 10.4 Å². The number of nitrogens with zero attached hydrogens (tertiary/aromatic N) is 2. The van der Waals surface area contributed by atoms with Crippen LogP contribution in [0.25, 0.3) is 10.8 Å². The molecule has 5 nitrogen and oxygen atoms in total. The van der Waals surface area contributed by atoms with Crippen LogP contribution in [0.5, 0.6) is 0 Å². The Hall–Kier alpha value is -2.74. The molecule has 0 aliphatic carbocycles. The van der Waals surface area contributed by atoms with Gasteiger partial charge in [-0.05, 0) is 25.1 Å². The number of carbonyl (C=O) groups excluding carboxylic acids is 1. The van der Waals surface area contributed by atoms with Crippen molar-refractivity contribution >= 4 is 34.1 Å². The number of alkyl halides is 2. The molecule has 0 fully saturated rings. The maximum atomic E-state index is 12.6. The van der Waals surface area contributed by atoms with E-state index in [1.165, 1.54) is 12.1 Å². The maximum Gasteiger partial charge on any atom is 0.288 e. The molecule has 1 heterocycles. The zero-order valence-corrected chi connectivity index (χ0v) is 14.6. The van der Waals surface area contributed by atoms with Crippen LogP contribution in [-0.4, -0.2) is 21.4 Å². The van der Waals surface area contributed by atoms with Crippen molar-refractivity contribution in [3.63, 3.8) is 0 Å². The summed E-state index contributed by atoms with van der Waals surface area (Å²) in [7, 11) is 0. The predicted molar refractivity (Wildman–Crippen MR) is 97.7 cm³/mol. The third-order valence-electron chi connectivity index (χ3n) is 3.72. The summed E-state index contributed by atoms with van der Waals surface area (Å²) in [6.07, 6.45) is 0. The third-order valence-corrected chi connectivity index (χ3v) is 4.51. The lowest BCUT2D eigenvalue weighted by atomic mass is 10.1. The van der Waals surface area contributed by atoms with Crippen LogP contribution in [0.3, 0.4) is 0 Å². The van der Waals surface area contributed by atoms with Crippen LogP contribution in [0.2, 0.25) is 0 Å². The molecule has 0 unspecified atom stereocenters. The largest absolute Gasteiger partial charge is 0.323 e. The van der Waals surface area contributed by atoms with Crippen molar-refractivity contribution in [1.82, 2.24) is 9.78 Å². The SMILES string of the molecule is Cc1nn(CC(=O)Nc2ccccc2SC(F)F)c(=O)c2ccccc12. The van der Waals surface area contributed by atoms with Crippen molar-refractivity contribution in [2.45, 2.75) is 24.1 Å². The Morgan fingerprint density at radius 2 is 1.81 bits per heavy atom. The Morgan fingerprint density at radius 3 is 2.54 bits per heavy atom. The molecule has 3 aromatic rings. The molecule has 0 radical (unpaired) electrons. The Morgan fingerprint density at radius 1 is 1.15 bits per heavy atom. The van der Waals surface area contributed by atoms with E-state index in [-0.39, 0.29) is 22.7 Å². The smallest absolute Gasteiger partial charge is 0.288 e. The quantitative estimate of drug-likeness (QED) is 0.692. The van der Waals surface area contributed by atoms with Gasteiger partial charge in [-0.2, -0.15) is 13.9 Å². The minimum atomic E-state index is -2.60. The summed E-state index contributed by atoms with van der Waals surface area (Å²) >= 11 is 0.349. The molecule has 0 saturated heterocycles. The molecular formula is C18H15F2N3O2S. The van der Waals surface area contributed by atoms with Gasteiger partial charge in [0.15, 0.2) is 0 Å². The Kier molecular flexibility index (Phi) is 5.32. The lowest BCUT2D eigenvalue weighted by Crippen LogP contribution is -2.30. The van der Waals surface area contributed by atoms with Crippen LogP contribution in [0, 0.1) is 6.92 Å². The van der Waals surface area contributed by atoms with E-state index in [1.807, 2.05) is 6.07 Å². The van der Waals surface area contributed by atoms with E-state index in [9.17, 15) is 18.4 Å². The number of thioether (sulfide) groups is 1. The lowest BCUT2D eigenvalue weighted by Gasteiger charge is -2.12. The molecular weight excluding hydrogens is 360 g/mol. The average molecular weight is 375 g/mol. The van der Waals surface area contributed by atoms with Crippen LogP contribution in [0.15, 0.2) is 58.2 Å². The van der Waals surface area contributed by atoms with Crippen LogP contribution in [0.4, 0.5) is 14.5 Å². The van der Waals surface area contributed by atoms with Crippen molar-refractivity contribution in [2.24, 2.45) is 0 Å². The molecule has 0 aliphatic rings. The highest BCUT2D eigenvalue weighted by Crippen LogP contribution is 2.31. The van der Waals surface area contributed by atoms with Gasteiger partial charge in [-0.25, -0.2) is 4.68 Å². The first-order chi connectivity index (χ1) is 12.5. The van der Waals surface area contributed by atoms with Crippen molar-refractivity contribution in [3.8, 4) is 0 Å². The number of amides is 1. The minimum Gasteiger partial charge on any atom is -0.323 e. The number of nitrogens with one attached hydrogen (secondary N) is 1. The summed E-state index contributed by atoms with van der Waals surface area (Å²) in [4.78, 5) is 25.1. The number of anilines is 1. The standard InChI is InChI=1S/C18H15F2N3O2S/c1-11-12-6-2-3-7-13(12)17(25)23(22-11)10-16(24)21-14-8-4-5-9-15(14)26-18(19)20/h2-9,18H,10H2,1H3,(H,21,24). The molecule has 0 atom stereocenters. The number of hydrogen-bond donors (Lipinski definition) is 1. The molecule has 0 spiro atoms. The summed E-state index contributed by atoms with van der Waals surface area (Å²) in [5.74, 6) is -3.11. The molecule has 2 aromatic carbocycles. The number of para-hydroxylation sites is 1. The average Bonchev–Trinajstić information content (AvgIpc) is 2.61. The maximum absolute atomic E-state index is 12.6. The highest BCUT2D eigenvalue weighted by Gasteiger charge is 2.14. The Balaban J connectivity index is 1.85. The van der Waals surface area contributed by atoms with Crippen LogP contribution < -0.4 is 10.9 Å². The van der Waals surface area contributed by atoms with Crippen LogP contribution >= 0.6 is 11.8 Å². The van der Waals surface area contributed by atoms with E-state index >= 15 is 0 Å². The molecule has 134 valence electrons. The molecule has 0 saturated carbocycles. The van der Waals surface area contributed by atoms with Gasteiger partial charge in [0.05, 0.1) is 16.8 Å². The molecule has 0 bridgehead atoms. The van der Waals surface area contributed by atoms with Gasteiger partial charge in [0, 0.05) is 10.3 Å². The van der Waals surface area contributed by atoms with Crippen LogP contribution in [-0.2, 0) is 11.3 Å². The molecule has 3 rings (SSSR count). The second-order valence-electron chi connectivity index (χ2n) is 5.52. The van der Waals surface area contributed by atoms with E-state index in [0.717, 1.165) is 10.1 Å². The molecule has 1 N–H and O–H groups in total. The zero-order valence-electron chi connectivity index (χ0n) is 13.8. The minimum absolute atomic E-state index is 0.255. The Bertz CT molecular complexity index is 1020. The third kappa shape index (κ3) is 3.91. The summed E-state index contributed by atoms with van der Waals surface area (Å²) in [6, 6.07) is 13.3. The van der Waals surface area contributed by atoms with Gasteiger partial charge >= 0.3 is 0 Å². The van der Waals surface area contributed by atoms with Gasteiger partial charge in [0.25, 0.3) is 11.3 Å². The van der Waals surface area contributed by atoms with E-state index in [1.54, 1.807) is 37.3 Å². The summed E-state index contributed by atoms with van der Waals surface area (Å²) < 4.78 is 26.3. The van der Waals surface area contributed by atoms with Crippen molar-refractivity contribution in [2.75, 3.05) is 5.32 Å². The molecule has 1 amide bonds. The Labute approximate surface area is 152 Å². The monoisotopic (exact) mass is 375 g/mol. The predicted octanol–water partition coefficient (Wildman–Crippen LogP) is 3.66. The van der Waals surface area contributed by atoms with Gasteiger partial charge < -0.3 is 5.32 Å². The topological polar surface area (TPSA) is 64.0 Å². The van der Waals surface area contributed by atoms with Gasteiger partial charge in [-0.15, -0.1) is 0 Å². The number of halogens is 2. The van der Waals surface area contributed by atoms with E-state index in [4.69, 9.17) is 0 Å². The highest BCUT2D eigenvalue weighted by atomic mass is 32.2. The first-order valence-corrected chi connectivity index (χ1v) is 8.64. The summed E-state index contributed by atoms with van der Waals surface area (Å²) in [5, 5.41) is 7.94. The number of fused-ring (bicyclic) bond motifs is 1. The normalized spacial score (nSPS) is 11.1. The fourth-order valence-electron chi connectivity index (χ4n) is 2.61. The van der Waals surface area contributed by atoms with Crippen LogP contribution in [0.1, 0.15) is 5.69 Å². The second-order valence-corrected chi connectivity index (χ2v) is 6.55. The number of aromatic nitrogens is 2. The van der Waals surface area contributed by atoms with E-state index < -0.39 is 11.7 Å². The number of aryl methyl sites for hydroxylation is 1. The fraction of sp³-hybridized carbons (Fsp3) is 0.167. The van der Waals surface area contributed by atoms with Gasteiger partial charge in [-0.1, -0.05) is 42.1 Å². The lowest BCUT2D eigenvalue weighted by molar-refractivity contribution is -0.117. The first-order valence-electron chi connectivity index (χ1n) is 7.76. The molecule has 8 heteroatoms. The summed E-state index contributed by atoms with van der Waals surface area (Å²) in [5.41, 5.74) is 0.520. The fourth-order valence-corrected chi connectivity index (χ4v) is 3.20. The molecule has 26 heavy (non-hydrogen) atoms. The number of rotatable bonds is 5. The summed E-state index contributed by atoms with van der Waals surface area (Å²) in [6.45, 7) is 1.45. The van der Waals surface area contributed by atoms with Crippen molar-refractivity contribution < 1.29 is 13.6 Å². The molecule has 1 aromatic heterocycles. The molecule has 0 aliphatic heterocycles. The number of hydrogen-bond acceptors (Lipinski definition) is 4. The van der Waals surface area contributed by atoms with Crippen molar-refractivity contribution in [3.05, 3.63) is 64.6 Å². The van der Waals surface area contributed by atoms with Crippen molar-refractivity contribution in [1.29, 1.82) is 0 Å². The zero-order chi connectivity index (χ0) is 18.7. The first kappa shape index (κ1) is 18.1. The van der Waals surface area contributed by atoms with E-state index in [0.29, 0.717) is 22.8 Å². The number of benzene rings is 2. The van der Waals surface area contributed by atoms with Gasteiger partial charge in [0.2, 0.25) is 5.91 Å². The number of carbonyl (C=O) groups is 1. The highest BCUT2D eigenvalue weighted by molar-refractivity contribution is 7.99. The van der Waals surface area contributed by atoms with Gasteiger partial charge in [-0.3, -0.25) is 9.59 Å². The van der Waals surface area contributed by atoms with Gasteiger partial charge in [0.1, 0.15) is 6.54 Å².